The summed E-state index contributed by atoms with van der Waals surface area (Å²) in [5.41, 5.74) is 0. The van der Waals surface area contributed by atoms with Gasteiger partial charge in [0.15, 0.2) is 0 Å². The van der Waals surface area contributed by atoms with Gasteiger partial charge in [-0.25, -0.2) is 0 Å². The molecule has 0 bridgehead atoms. The number of amides is 1. The molecule has 0 aromatic carbocycles. The van der Waals surface area contributed by atoms with E-state index in [4.69, 9.17) is 0 Å². The van der Waals surface area contributed by atoms with Crippen molar-refractivity contribution in [3.63, 3.8) is 0 Å². The minimum atomic E-state index is -1.16. The molecule has 1 atom stereocenters. The van der Waals surface area contributed by atoms with E-state index in [1.807, 2.05) is 0 Å². The van der Waals surface area contributed by atoms with Crippen molar-refractivity contribution in [2.24, 2.45) is 0 Å². The van der Waals surface area contributed by atoms with Gasteiger partial charge >= 0.3 is 29.6 Å². The number of carbonyl (C=O) groups is 2. The number of hydrogen-bond donors (Lipinski definition) is 0. The fourth-order valence-electron chi connectivity index (χ4n) is 0.948. The number of nitrogens with zero attached hydrogens (tertiary/aromatic N) is 1. The molecule has 1 aliphatic rings. The molecule has 1 saturated heterocycles. The van der Waals surface area contributed by atoms with Crippen molar-refractivity contribution in [1.82, 2.24) is 4.90 Å². The molecule has 0 aromatic rings. The molecular weight excluding hydrogens is 189 g/mol. The Hall–Kier alpha value is 0.290. The quantitative estimate of drug-likeness (QED) is 0.399. The molecule has 1 heterocycles. The Labute approximate surface area is 97.0 Å². The summed E-state index contributed by atoms with van der Waals surface area (Å²) >= 11 is 1.43. The molecule has 0 spiro atoms. The van der Waals surface area contributed by atoms with E-state index in [0.717, 1.165) is 0 Å². The normalized spacial score (nSPS) is 21.8. The Morgan fingerprint density at radius 1 is 1.58 bits per heavy atom. The molecule has 4 nitrogen and oxygen atoms in total. The summed E-state index contributed by atoms with van der Waals surface area (Å²) in [5, 5.41) is 10.4. The van der Waals surface area contributed by atoms with Crippen molar-refractivity contribution in [3.8, 4) is 0 Å². The van der Waals surface area contributed by atoms with Gasteiger partial charge in [0.2, 0.25) is 5.91 Å². The van der Waals surface area contributed by atoms with Crippen LogP contribution < -0.4 is 34.7 Å². The number of rotatable bonds is 1. The summed E-state index contributed by atoms with van der Waals surface area (Å²) in [6.07, 6.45) is 0. The van der Waals surface area contributed by atoms with E-state index in [-0.39, 0.29) is 35.5 Å². The average molecular weight is 197 g/mol. The van der Waals surface area contributed by atoms with Crippen molar-refractivity contribution < 1.29 is 44.3 Å². The van der Waals surface area contributed by atoms with Crippen molar-refractivity contribution >= 4 is 23.6 Å². The average Bonchev–Trinajstić information content (AvgIpc) is 2.32. The molecule has 1 amide bonds. The monoisotopic (exact) mass is 197 g/mol. The third-order valence-corrected chi connectivity index (χ3v) is 2.57. The summed E-state index contributed by atoms with van der Waals surface area (Å²) in [6.45, 7) is 1.36. The van der Waals surface area contributed by atoms with Crippen LogP contribution in [0.15, 0.2) is 0 Å². The van der Waals surface area contributed by atoms with Crippen LogP contribution in [0.2, 0.25) is 0 Å². The number of hydrogen-bond acceptors (Lipinski definition) is 4. The molecule has 1 fully saturated rings. The van der Waals surface area contributed by atoms with Crippen LogP contribution >= 0.6 is 11.8 Å². The van der Waals surface area contributed by atoms with E-state index < -0.39 is 12.0 Å². The van der Waals surface area contributed by atoms with Crippen molar-refractivity contribution in [2.75, 3.05) is 11.6 Å². The maximum absolute atomic E-state index is 10.8. The topological polar surface area (TPSA) is 60.4 Å². The van der Waals surface area contributed by atoms with Gasteiger partial charge in [-0.3, -0.25) is 4.79 Å². The summed E-state index contributed by atoms with van der Waals surface area (Å²) in [5.74, 6) is -0.454. The molecule has 1 aliphatic heterocycles. The second-order valence-corrected chi connectivity index (χ2v) is 3.32. The Kier molecular flexibility index (Phi) is 5.24. The van der Waals surface area contributed by atoms with E-state index in [1.165, 1.54) is 23.6 Å². The fraction of sp³-hybridized carbons (Fsp3) is 0.667. The number of carbonyl (C=O) groups excluding carboxylic acids is 2. The Balaban J connectivity index is 0.00000121. The van der Waals surface area contributed by atoms with Gasteiger partial charge in [0, 0.05) is 12.7 Å². The third kappa shape index (κ3) is 2.65. The second kappa shape index (κ2) is 5.11. The predicted molar refractivity (Wildman–Crippen MR) is 38.6 cm³/mol. The molecule has 1 unspecified atom stereocenters. The zero-order valence-electron chi connectivity index (χ0n) is 7.07. The van der Waals surface area contributed by atoms with Gasteiger partial charge in [-0.2, -0.15) is 0 Å². The molecule has 0 N–H and O–H groups in total. The van der Waals surface area contributed by atoms with Gasteiger partial charge in [0.1, 0.15) is 0 Å². The fourth-order valence-corrected chi connectivity index (χ4v) is 2.15. The van der Waals surface area contributed by atoms with Gasteiger partial charge in [-0.15, -0.1) is 11.8 Å². The van der Waals surface area contributed by atoms with Gasteiger partial charge in [-0.05, 0) is 0 Å². The first kappa shape index (κ1) is 12.3. The predicted octanol–water partition coefficient (Wildman–Crippen LogP) is -4.34. The molecule has 62 valence electrons. The van der Waals surface area contributed by atoms with Crippen LogP contribution in [-0.2, 0) is 9.59 Å². The maximum atomic E-state index is 10.8. The number of carboxylic acid groups (broad SMARTS) is 1. The summed E-state index contributed by atoms with van der Waals surface area (Å²) in [7, 11) is 0. The summed E-state index contributed by atoms with van der Waals surface area (Å²) in [4.78, 5) is 22.5. The van der Waals surface area contributed by atoms with E-state index in [2.05, 4.69) is 0 Å². The minimum Gasteiger partial charge on any atom is -0.548 e. The summed E-state index contributed by atoms with van der Waals surface area (Å²) < 4.78 is 0. The first-order chi connectivity index (χ1) is 5.13. The number of aliphatic carboxylic acids is 1. The summed E-state index contributed by atoms with van der Waals surface area (Å²) in [6, 6.07) is -0.725. The first-order valence-corrected chi connectivity index (χ1v) is 4.34. The zero-order valence-corrected chi connectivity index (χ0v) is 9.89. The van der Waals surface area contributed by atoms with E-state index in [0.29, 0.717) is 11.6 Å². The minimum absolute atomic E-state index is 0. The van der Waals surface area contributed by atoms with E-state index in [9.17, 15) is 14.7 Å². The molecule has 0 aliphatic carbocycles. The molecule has 0 aromatic heterocycles. The number of thioether (sulfide) groups is 1. The smallest absolute Gasteiger partial charge is 0.548 e. The molecule has 6 heteroatoms. The van der Waals surface area contributed by atoms with Gasteiger partial charge in [0.25, 0.3) is 0 Å². The third-order valence-electron chi connectivity index (χ3n) is 1.56. The first-order valence-electron chi connectivity index (χ1n) is 3.18. The van der Waals surface area contributed by atoms with Crippen LogP contribution in [0, 0.1) is 0 Å². The van der Waals surface area contributed by atoms with Gasteiger partial charge < -0.3 is 14.8 Å². The van der Waals surface area contributed by atoms with Crippen molar-refractivity contribution in [2.45, 2.75) is 13.0 Å². The van der Waals surface area contributed by atoms with Gasteiger partial charge in [-0.1, -0.05) is 0 Å². The Bertz CT molecular complexity index is 179. The molecule has 0 radical (unpaired) electrons. The van der Waals surface area contributed by atoms with Gasteiger partial charge in [0.05, 0.1) is 17.9 Å². The second-order valence-electron chi connectivity index (χ2n) is 2.32. The van der Waals surface area contributed by atoms with E-state index in [1.54, 1.807) is 0 Å². The SMILES string of the molecule is CC(=O)N1CSCC1C(=O)[O-].[Na+]. The van der Waals surface area contributed by atoms with Crippen LogP contribution in [0.4, 0.5) is 0 Å². The Morgan fingerprint density at radius 2 is 2.17 bits per heavy atom. The van der Waals surface area contributed by atoms with Crippen LogP contribution in [0.5, 0.6) is 0 Å². The largest absolute Gasteiger partial charge is 1.00 e. The Morgan fingerprint density at radius 3 is 2.50 bits per heavy atom. The standard InChI is InChI=1S/C6H9NO3S.Na/c1-4(8)7-3-11-2-5(7)6(9)10;/h5H,2-3H2,1H3,(H,9,10);/q;+1/p-1. The van der Waals surface area contributed by atoms with Crippen molar-refractivity contribution in [1.29, 1.82) is 0 Å². The molecular formula is C6H8NNaO3S. The van der Waals surface area contributed by atoms with Crippen molar-refractivity contribution in [3.05, 3.63) is 0 Å². The molecule has 1 rings (SSSR count). The van der Waals surface area contributed by atoms with Crippen LogP contribution in [0.1, 0.15) is 6.92 Å². The molecule has 0 saturated carbocycles. The van der Waals surface area contributed by atoms with E-state index >= 15 is 0 Å². The zero-order chi connectivity index (χ0) is 8.43. The maximum Gasteiger partial charge on any atom is 1.00 e. The van der Waals surface area contributed by atoms with Crippen LogP contribution in [-0.4, -0.2) is 34.4 Å². The van der Waals surface area contributed by atoms with Crippen LogP contribution in [0.25, 0.3) is 0 Å². The number of carboxylic acids is 1. The molecule has 12 heavy (non-hydrogen) atoms. The van der Waals surface area contributed by atoms with Crippen LogP contribution in [0.3, 0.4) is 0 Å².